The van der Waals surface area contributed by atoms with Crippen LogP contribution in [0.15, 0.2) is 24.9 Å². The molecule has 3 nitrogen and oxygen atoms in total. The lowest BCUT2D eigenvalue weighted by molar-refractivity contribution is 0.252. The number of amides is 2. The van der Waals surface area contributed by atoms with Gasteiger partial charge in [-0.25, -0.2) is 4.79 Å². The molecule has 0 unspecified atom stereocenters. The first kappa shape index (κ1) is 6.75. The van der Waals surface area contributed by atoms with Crippen molar-refractivity contribution in [1.82, 2.24) is 5.32 Å². The molecule has 0 aromatic carbocycles. The van der Waals surface area contributed by atoms with E-state index < -0.39 is 6.03 Å². The quantitative estimate of drug-likeness (QED) is 0.498. The van der Waals surface area contributed by atoms with Crippen LogP contribution in [0.4, 0.5) is 4.79 Å². The monoisotopic (exact) mass is 112 g/mol. The first-order valence-electron chi connectivity index (χ1n) is 2.11. The maximum atomic E-state index is 9.90. The second-order valence-corrected chi connectivity index (χ2v) is 1.10. The van der Waals surface area contributed by atoms with Crippen molar-refractivity contribution in [1.29, 1.82) is 0 Å². The molecule has 0 fully saturated rings. The Morgan fingerprint density at radius 3 is 2.75 bits per heavy atom. The van der Waals surface area contributed by atoms with E-state index in [1.165, 1.54) is 12.3 Å². The van der Waals surface area contributed by atoms with E-state index in [1.54, 1.807) is 6.08 Å². The van der Waals surface area contributed by atoms with Crippen molar-refractivity contribution in [2.75, 3.05) is 0 Å². The zero-order valence-electron chi connectivity index (χ0n) is 4.42. The lowest BCUT2D eigenvalue weighted by Crippen LogP contribution is -2.23. The highest BCUT2D eigenvalue weighted by molar-refractivity contribution is 5.72. The summed E-state index contributed by atoms with van der Waals surface area (Å²) >= 11 is 0. The van der Waals surface area contributed by atoms with E-state index in [1.807, 2.05) is 0 Å². The zero-order valence-corrected chi connectivity index (χ0v) is 4.42. The number of hydrogen-bond acceptors (Lipinski definition) is 1. The second-order valence-electron chi connectivity index (χ2n) is 1.10. The number of rotatable bonds is 2. The third-order valence-corrected chi connectivity index (χ3v) is 0.458. The predicted octanol–water partition coefficient (Wildman–Crippen LogP) is 0.354. The van der Waals surface area contributed by atoms with Gasteiger partial charge in [-0.1, -0.05) is 12.7 Å². The van der Waals surface area contributed by atoms with Crippen LogP contribution in [0.5, 0.6) is 0 Å². The minimum atomic E-state index is -0.567. The zero-order chi connectivity index (χ0) is 6.41. The molecule has 0 radical (unpaired) electrons. The number of carbonyl (C=O) groups excluding carboxylic acids is 1. The molecule has 0 aliphatic heterocycles. The molecule has 0 spiro atoms. The van der Waals surface area contributed by atoms with E-state index in [2.05, 4.69) is 11.9 Å². The number of primary amides is 1. The fourth-order valence-corrected chi connectivity index (χ4v) is 0.198. The molecule has 0 atom stereocenters. The van der Waals surface area contributed by atoms with Gasteiger partial charge in [-0.3, -0.25) is 0 Å². The summed E-state index contributed by atoms with van der Waals surface area (Å²) in [5.41, 5.74) is 4.70. The third kappa shape index (κ3) is 4.75. The highest BCUT2D eigenvalue weighted by Crippen LogP contribution is 1.65. The molecule has 8 heavy (non-hydrogen) atoms. The Balaban J connectivity index is 3.29. The minimum Gasteiger partial charge on any atom is -0.351 e. The van der Waals surface area contributed by atoms with Gasteiger partial charge in [0.25, 0.3) is 0 Å². The van der Waals surface area contributed by atoms with E-state index >= 15 is 0 Å². The average Bonchev–Trinajstić information content (AvgIpc) is 1.66. The largest absolute Gasteiger partial charge is 0.351 e. The van der Waals surface area contributed by atoms with Crippen LogP contribution in [0.3, 0.4) is 0 Å². The Kier molecular flexibility index (Phi) is 3.31. The van der Waals surface area contributed by atoms with Crippen LogP contribution >= 0.6 is 0 Å². The fraction of sp³-hybridized carbons (Fsp3) is 0. The molecule has 0 aliphatic rings. The van der Waals surface area contributed by atoms with Gasteiger partial charge in [-0.15, -0.1) is 0 Å². The molecule has 3 heteroatoms. The molecule has 0 saturated heterocycles. The van der Waals surface area contributed by atoms with Crippen molar-refractivity contribution < 1.29 is 4.79 Å². The molecule has 0 aromatic heterocycles. The van der Waals surface area contributed by atoms with Crippen LogP contribution in [0.1, 0.15) is 0 Å². The average molecular weight is 112 g/mol. The predicted molar refractivity (Wildman–Crippen MR) is 32.1 cm³/mol. The molecular formula is C5H8N2O. The van der Waals surface area contributed by atoms with Gasteiger partial charge in [-0.05, 0) is 6.08 Å². The van der Waals surface area contributed by atoms with Crippen molar-refractivity contribution in [2.45, 2.75) is 0 Å². The summed E-state index contributed by atoms with van der Waals surface area (Å²) in [6, 6.07) is -0.567. The van der Waals surface area contributed by atoms with Gasteiger partial charge < -0.3 is 11.1 Å². The molecule has 0 rings (SSSR count). The van der Waals surface area contributed by atoms with Gasteiger partial charge in [-0.2, -0.15) is 0 Å². The lowest BCUT2D eigenvalue weighted by Gasteiger charge is -1.85. The number of nitrogens with one attached hydrogen (secondary N) is 1. The third-order valence-electron chi connectivity index (χ3n) is 0.458. The summed E-state index contributed by atoms with van der Waals surface area (Å²) < 4.78 is 0. The Morgan fingerprint density at radius 1 is 1.75 bits per heavy atom. The number of nitrogens with two attached hydrogens (primary N) is 1. The Bertz CT molecular complexity index is 118. The van der Waals surface area contributed by atoms with Crippen molar-refractivity contribution in [2.24, 2.45) is 5.73 Å². The standard InChI is InChI=1S/C5H8N2O/c1-2-3-4-7-5(6)8/h2-4H,1H2,(H3,6,7,8)/b4-3-. The van der Waals surface area contributed by atoms with Crippen molar-refractivity contribution in [3.8, 4) is 0 Å². The lowest BCUT2D eigenvalue weighted by atomic mass is 10.6. The summed E-state index contributed by atoms with van der Waals surface area (Å²) in [5, 5.41) is 2.23. The summed E-state index contributed by atoms with van der Waals surface area (Å²) in [6.07, 6.45) is 4.52. The summed E-state index contributed by atoms with van der Waals surface area (Å²) in [5.74, 6) is 0. The van der Waals surface area contributed by atoms with Crippen LogP contribution in [0.25, 0.3) is 0 Å². The Labute approximate surface area is 47.9 Å². The van der Waals surface area contributed by atoms with Crippen LogP contribution in [-0.4, -0.2) is 6.03 Å². The highest BCUT2D eigenvalue weighted by Gasteiger charge is 1.78. The normalized spacial score (nSPS) is 9.00. The van der Waals surface area contributed by atoms with Gasteiger partial charge in [0, 0.05) is 6.20 Å². The van der Waals surface area contributed by atoms with Crippen molar-refractivity contribution in [3.05, 3.63) is 24.9 Å². The molecule has 0 bridgehead atoms. The van der Waals surface area contributed by atoms with Gasteiger partial charge in [0.2, 0.25) is 0 Å². The van der Waals surface area contributed by atoms with Crippen molar-refractivity contribution >= 4 is 6.03 Å². The molecule has 0 heterocycles. The minimum absolute atomic E-state index is 0.567. The van der Waals surface area contributed by atoms with Gasteiger partial charge in [0.15, 0.2) is 0 Å². The maximum Gasteiger partial charge on any atom is 0.316 e. The maximum absolute atomic E-state index is 9.90. The molecule has 2 amide bonds. The first-order chi connectivity index (χ1) is 3.77. The van der Waals surface area contributed by atoms with E-state index in [-0.39, 0.29) is 0 Å². The molecule has 44 valence electrons. The first-order valence-corrected chi connectivity index (χ1v) is 2.11. The van der Waals surface area contributed by atoms with Crippen LogP contribution in [-0.2, 0) is 0 Å². The number of urea groups is 1. The van der Waals surface area contributed by atoms with E-state index in [9.17, 15) is 4.79 Å². The van der Waals surface area contributed by atoms with Crippen LogP contribution in [0.2, 0.25) is 0 Å². The smallest absolute Gasteiger partial charge is 0.316 e. The SMILES string of the molecule is C=C/C=C\NC(N)=O. The molecule has 0 aromatic rings. The van der Waals surface area contributed by atoms with Crippen molar-refractivity contribution in [3.63, 3.8) is 0 Å². The van der Waals surface area contributed by atoms with E-state index in [0.717, 1.165) is 0 Å². The van der Waals surface area contributed by atoms with E-state index in [4.69, 9.17) is 5.73 Å². The summed E-state index contributed by atoms with van der Waals surface area (Å²) in [6.45, 7) is 3.38. The van der Waals surface area contributed by atoms with Crippen LogP contribution in [0, 0.1) is 0 Å². The topological polar surface area (TPSA) is 55.1 Å². The molecule has 0 saturated carbocycles. The number of carbonyl (C=O) groups is 1. The van der Waals surface area contributed by atoms with Gasteiger partial charge >= 0.3 is 6.03 Å². The molecule has 3 N–H and O–H groups in total. The van der Waals surface area contributed by atoms with Gasteiger partial charge in [0.1, 0.15) is 0 Å². The fourth-order valence-electron chi connectivity index (χ4n) is 0.198. The summed E-state index contributed by atoms with van der Waals surface area (Å²) in [7, 11) is 0. The molecular weight excluding hydrogens is 104 g/mol. The highest BCUT2D eigenvalue weighted by atomic mass is 16.2. The Morgan fingerprint density at radius 2 is 2.38 bits per heavy atom. The number of allylic oxidation sites excluding steroid dienone is 2. The van der Waals surface area contributed by atoms with Crippen LogP contribution < -0.4 is 11.1 Å². The van der Waals surface area contributed by atoms with E-state index in [0.29, 0.717) is 0 Å². The second kappa shape index (κ2) is 3.92. The number of hydrogen-bond donors (Lipinski definition) is 2. The molecule has 0 aliphatic carbocycles. The van der Waals surface area contributed by atoms with Gasteiger partial charge in [0.05, 0.1) is 0 Å². The Hall–Kier alpha value is -1.25. The summed E-state index contributed by atoms with van der Waals surface area (Å²) in [4.78, 5) is 9.90.